The average molecular weight is 242 g/mol. The van der Waals surface area contributed by atoms with Crippen LogP contribution in [0.15, 0.2) is 24.3 Å². The molecule has 1 saturated heterocycles. The summed E-state index contributed by atoms with van der Waals surface area (Å²) in [6.07, 6.45) is 0. The first-order valence-electron chi connectivity index (χ1n) is 5.04. The van der Waals surface area contributed by atoms with Crippen LogP contribution in [0.25, 0.3) is 0 Å². The molecule has 1 aromatic carbocycles. The Bertz CT molecular complexity index is 347. The van der Waals surface area contributed by atoms with E-state index in [1.807, 2.05) is 24.3 Å². The Hall–Kier alpha value is -1.26. The lowest BCUT2D eigenvalue weighted by molar-refractivity contribution is 0.122. The summed E-state index contributed by atoms with van der Waals surface area (Å²) in [5.74, 6) is 0.114. The molecule has 88 valence electrons. The fourth-order valence-corrected chi connectivity index (χ4v) is 1.67. The van der Waals surface area contributed by atoms with Gasteiger partial charge in [0.1, 0.15) is 5.84 Å². The molecular formula is C11H16ClN3O. The number of morpholine rings is 1. The number of nitrogens with zero attached hydrogens (tertiary/aromatic N) is 1. The smallest absolute Gasteiger partial charge is 0.122 e. The minimum absolute atomic E-state index is 0. The van der Waals surface area contributed by atoms with Gasteiger partial charge in [0.2, 0.25) is 0 Å². The number of ether oxygens (including phenoxy) is 1. The van der Waals surface area contributed by atoms with Gasteiger partial charge in [-0.2, -0.15) is 0 Å². The van der Waals surface area contributed by atoms with E-state index in [1.54, 1.807) is 0 Å². The Labute approximate surface area is 101 Å². The van der Waals surface area contributed by atoms with Crippen LogP contribution in [0.4, 0.5) is 5.69 Å². The SMILES string of the molecule is Cl.N=C(N)c1ccc(N2CCOCC2)cc1. The van der Waals surface area contributed by atoms with Crippen LogP contribution < -0.4 is 10.6 Å². The molecule has 0 atom stereocenters. The highest BCUT2D eigenvalue weighted by atomic mass is 35.5. The third kappa shape index (κ3) is 2.87. The summed E-state index contributed by atoms with van der Waals surface area (Å²) < 4.78 is 5.29. The normalized spacial score (nSPS) is 15.4. The third-order valence-corrected chi connectivity index (χ3v) is 2.55. The summed E-state index contributed by atoms with van der Waals surface area (Å²) in [5.41, 5.74) is 7.33. The molecule has 0 aromatic heterocycles. The number of benzene rings is 1. The standard InChI is InChI=1S/C11H15N3O.ClH/c12-11(13)9-1-3-10(4-2-9)14-5-7-15-8-6-14;/h1-4H,5-8H2,(H3,12,13);1H. The largest absolute Gasteiger partial charge is 0.384 e. The molecule has 1 fully saturated rings. The molecule has 2 rings (SSSR count). The van der Waals surface area contributed by atoms with Gasteiger partial charge in [0.25, 0.3) is 0 Å². The molecule has 0 unspecified atom stereocenters. The van der Waals surface area contributed by atoms with Gasteiger partial charge in [0, 0.05) is 24.3 Å². The summed E-state index contributed by atoms with van der Waals surface area (Å²) in [7, 11) is 0. The minimum Gasteiger partial charge on any atom is -0.384 e. The van der Waals surface area contributed by atoms with Crippen molar-refractivity contribution < 1.29 is 4.74 Å². The molecule has 0 saturated carbocycles. The molecule has 5 heteroatoms. The van der Waals surface area contributed by atoms with Crippen molar-refractivity contribution in [2.45, 2.75) is 0 Å². The van der Waals surface area contributed by atoms with Gasteiger partial charge in [-0.15, -0.1) is 12.4 Å². The number of hydrogen-bond acceptors (Lipinski definition) is 3. The quantitative estimate of drug-likeness (QED) is 0.605. The lowest BCUT2D eigenvalue weighted by Gasteiger charge is -2.28. The van der Waals surface area contributed by atoms with E-state index >= 15 is 0 Å². The van der Waals surface area contributed by atoms with Crippen LogP contribution in [0.2, 0.25) is 0 Å². The lowest BCUT2D eigenvalue weighted by Crippen LogP contribution is -2.36. The van der Waals surface area contributed by atoms with E-state index in [9.17, 15) is 0 Å². The molecule has 0 radical (unpaired) electrons. The summed E-state index contributed by atoms with van der Waals surface area (Å²) >= 11 is 0. The summed E-state index contributed by atoms with van der Waals surface area (Å²) in [6, 6.07) is 7.77. The number of rotatable bonds is 2. The second-order valence-corrected chi connectivity index (χ2v) is 3.56. The molecule has 0 amide bonds. The maximum atomic E-state index is 7.29. The maximum absolute atomic E-state index is 7.29. The van der Waals surface area contributed by atoms with Crippen LogP contribution in [0, 0.1) is 5.41 Å². The summed E-state index contributed by atoms with van der Waals surface area (Å²) in [6.45, 7) is 3.43. The van der Waals surface area contributed by atoms with E-state index in [2.05, 4.69) is 4.90 Å². The van der Waals surface area contributed by atoms with Crippen LogP contribution in [-0.4, -0.2) is 32.1 Å². The van der Waals surface area contributed by atoms with Gasteiger partial charge < -0.3 is 15.4 Å². The van der Waals surface area contributed by atoms with Crippen molar-refractivity contribution in [3.05, 3.63) is 29.8 Å². The number of nitrogens with two attached hydrogens (primary N) is 1. The Morgan fingerprint density at radius 3 is 2.25 bits per heavy atom. The molecule has 16 heavy (non-hydrogen) atoms. The number of nitrogens with one attached hydrogen (secondary N) is 1. The highest BCUT2D eigenvalue weighted by Crippen LogP contribution is 2.16. The first kappa shape index (κ1) is 12.8. The predicted molar refractivity (Wildman–Crippen MR) is 67.7 cm³/mol. The second kappa shape index (κ2) is 5.72. The number of nitrogen functional groups attached to an aromatic ring is 1. The predicted octanol–water partition coefficient (Wildman–Crippen LogP) is 1.23. The number of amidine groups is 1. The Balaban J connectivity index is 0.00000128. The van der Waals surface area contributed by atoms with Crippen molar-refractivity contribution in [1.82, 2.24) is 0 Å². The maximum Gasteiger partial charge on any atom is 0.122 e. The summed E-state index contributed by atoms with van der Waals surface area (Å²) in [5, 5.41) is 7.29. The van der Waals surface area contributed by atoms with Crippen LogP contribution in [0.3, 0.4) is 0 Å². The molecule has 3 N–H and O–H groups in total. The molecule has 1 aliphatic rings. The first-order valence-corrected chi connectivity index (χ1v) is 5.04. The van der Waals surface area contributed by atoms with Gasteiger partial charge >= 0.3 is 0 Å². The Morgan fingerprint density at radius 2 is 1.75 bits per heavy atom. The van der Waals surface area contributed by atoms with Gasteiger partial charge in [-0.3, -0.25) is 5.41 Å². The van der Waals surface area contributed by atoms with Gasteiger partial charge in [-0.1, -0.05) is 0 Å². The zero-order chi connectivity index (χ0) is 10.7. The Morgan fingerprint density at radius 1 is 1.19 bits per heavy atom. The molecule has 1 aromatic rings. The van der Waals surface area contributed by atoms with Crippen molar-refractivity contribution in [1.29, 1.82) is 5.41 Å². The van der Waals surface area contributed by atoms with E-state index in [-0.39, 0.29) is 18.2 Å². The number of halogens is 1. The lowest BCUT2D eigenvalue weighted by atomic mass is 10.2. The van der Waals surface area contributed by atoms with E-state index < -0.39 is 0 Å². The fraction of sp³-hybridized carbons (Fsp3) is 0.364. The van der Waals surface area contributed by atoms with Crippen molar-refractivity contribution in [2.75, 3.05) is 31.2 Å². The summed E-state index contributed by atoms with van der Waals surface area (Å²) in [4.78, 5) is 2.27. The zero-order valence-electron chi connectivity index (χ0n) is 8.98. The van der Waals surface area contributed by atoms with E-state index in [1.165, 1.54) is 5.69 Å². The van der Waals surface area contributed by atoms with Crippen LogP contribution in [0.1, 0.15) is 5.56 Å². The van der Waals surface area contributed by atoms with Crippen molar-refractivity contribution in [2.24, 2.45) is 5.73 Å². The molecule has 0 bridgehead atoms. The molecule has 0 aliphatic carbocycles. The van der Waals surface area contributed by atoms with E-state index in [0.29, 0.717) is 0 Å². The Kier molecular flexibility index (Phi) is 4.58. The highest BCUT2D eigenvalue weighted by molar-refractivity contribution is 5.95. The van der Waals surface area contributed by atoms with Gasteiger partial charge in [-0.05, 0) is 24.3 Å². The van der Waals surface area contributed by atoms with Crippen molar-refractivity contribution in [3.63, 3.8) is 0 Å². The second-order valence-electron chi connectivity index (χ2n) is 3.56. The van der Waals surface area contributed by atoms with Gasteiger partial charge in [0.15, 0.2) is 0 Å². The van der Waals surface area contributed by atoms with Crippen LogP contribution in [0.5, 0.6) is 0 Å². The van der Waals surface area contributed by atoms with Crippen LogP contribution >= 0.6 is 12.4 Å². The van der Waals surface area contributed by atoms with Crippen molar-refractivity contribution >= 4 is 23.9 Å². The van der Waals surface area contributed by atoms with Gasteiger partial charge in [0.05, 0.1) is 13.2 Å². The van der Waals surface area contributed by atoms with E-state index in [4.69, 9.17) is 15.9 Å². The monoisotopic (exact) mass is 241 g/mol. The number of anilines is 1. The first-order chi connectivity index (χ1) is 7.27. The molecule has 4 nitrogen and oxygen atoms in total. The molecule has 1 heterocycles. The topological polar surface area (TPSA) is 62.3 Å². The van der Waals surface area contributed by atoms with Crippen molar-refractivity contribution in [3.8, 4) is 0 Å². The van der Waals surface area contributed by atoms with Gasteiger partial charge in [-0.25, -0.2) is 0 Å². The fourth-order valence-electron chi connectivity index (χ4n) is 1.67. The zero-order valence-corrected chi connectivity index (χ0v) is 9.80. The molecule has 0 spiro atoms. The highest BCUT2D eigenvalue weighted by Gasteiger charge is 2.10. The average Bonchev–Trinajstić information content (AvgIpc) is 2.30. The van der Waals surface area contributed by atoms with E-state index in [0.717, 1.165) is 31.9 Å². The third-order valence-electron chi connectivity index (χ3n) is 2.55. The molecule has 1 aliphatic heterocycles. The minimum atomic E-state index is 0. The number of hydrogen-bond donors (Lipinski definition) is 2. The van der Waals surface area contributed by atoms with Crippen LogP contribution in [-0.2, 0) is 4.74 Å². The molecular weight excluding hydrogens is 226 g/mol.